The van der Waals surface area contributed by atoms with Gasteiger partial charge in [-0.05, 0) is 49.5 Å². The standard InChI is InChI=1S/C22H15Cl3FN3O4S/c1-28-34(31,32)16-3-5-19(18(25)10-16)29-20(30)8-13-2-4-17(24)22(21(13)26)33-15-7-12(11-27)6-14(23)9-15/h2-7,9-10,28H,8H2,1H3,(H,29,30). The maximum Gasteiger partial charge on any atom is 0.240 e. The van der Waals surface area contributed by atoms with E-state index in [-0.39, 0.29) is 48.3 Å². The van der Waals surface area contributed by atoms with Crippen LogP contribution < -0.4 is 14.8 Å². The Hall–Kier alpha value is -2.87. The number of benzene rings is 3. The van der Waals surface area contributed by atoms with Gasteiger partial charge in [0.1, 0.15) is 5.75 Å². The van der Waals surface area contributed by atoms with Gasteiger partial charge in [-0.3, -0.25) is 4.79 Å². The summed E-state index contributed by atoms with van der Waals surface area (Å²) in [5.41, 5.74) is 0.334. The van der Waals surface area contributed by atoms with E-state index in [1.807, 2.05) is 6.07 Å². The van der Waals surface area contributed by atoms with Crippen molar-refractivity contribution in [1.29, 1.82) is 5.26 Å². The molecule has 0 aliphatic carbocycles. The first-order chi connectivity index (χ1) is 16.0. The number of nitrogens with zero attached hydrogens (tertiary/aromatic N) is 1. The number of hydrogen-bond acceptors (Lipinski definition) is 5. The molecular formula is C22H15Cl3FN3O4S. The molecule has 0 radical (unpaired) electrons. The van der Waals surface area contributed by atoms with Crippen molar-refractivity contribution in [3.05, 3.63) is 80.5 Å². The van der Waals surface area contributed by atoms with E-state index in [0.29, 0.717) is 0 Å². The summed E-state index contributed by atoms with van der Waals surface area (Å²) in [7, 11) is -2.45. The van der Waals surface area contributed by atoms with Gasteiger partial charge in [0.2, 0.25) is 15.9 Å². The molecule has 0 bridgehead atoms. The van der Waals surface area contributed by atoms with Gasteiger partial charge < -0.3 is 10.1 Å². The lowest BCUT2D eigenvalue weighted by Crippen LogP contribution is -2.19. The maximum absolute atomic E-state index is 15.1. The second-order valence-corrected chi connectivity index (χ2v) is 9.95. The summed E-state index contributed by atoms with van der Waals surface area (Å²) in [5, 5.41) is 11.7. The zero-order valence-corrected chi connectivity index (χ0v) is 20.4. The molecular weight excluding hydrogens is 528 g/mol. The minimum Gasteiger partial charge on any atom is -0.453 e. The number of sulfonamides is 1. The third kappa shape index (κ3) is 5.97. The molecule has 0 aromatic heterocycles. The molecule has 1 amide bonds. The molecule has 0 aliphatic rings. The Kier molecular flexibility index (Phi) is 8.02. The summed E-state index contributed by atoms with van der Waals surface area (Å²) in [5.74, 6) is -1.73. The quantitative estimate of drug-likeness (QED) is 0.408. The van der Waals surface area contributed by atoms with Crippen LogP contribution in [0.4, 0.5) is 10.1 Å². The Morgan fingerprint density at radius 2 is 1.82 bits per heavy atom. The average molecular weight is 543 g/mol. The van der Waals surface area contributed by atoms with Gasteiger partial charge >= 0.3 is 0 Å². The summed E-state index contributed by atoms with van der Waals surface area (Å²) >= 11 is 18.1. The molecule has 0 spiro atoms. The van der Waals surface area contributed by atoms with Crippen molar-refractivity contribution in [1.82, 2.24) is 4.72 Å². The second-order valence-electron chi connectivity index (χ2n) is 6.81. The number of nitrogens with one attached hydrogen (secondary N) is 2. The topological polar surface area (TPSA) is 108 Å². The molecule has 12 heteroatoms. The van der Waals surface area contributed by atoms with Crippen LogP contribution in [0.3, 0.4) is 0 Å². The number of anilines is 1. The van der Waals surface area contributed by atoms with Crippen molar-refractivity contribution >= 4 is 56.4 Å². The van der Waals surface area contributed by atoms with Gasteiger partial charge in [0.15, 0.2) is 11.6 Å². The van der Waals surface area contributed by atoms with Crippen LogP contribution in [0.1, 0.15) is 11.1 Å². The van der Waals surface area contributed by atoms with Crippen LogP contribution in [-0.2, 0) is 21.2 Å². The van der Waals surface area contributed by atoms with E-state index in [1.165, 1.54) is 55.6 Å². The first kappa shape index (κ1) is 25.7. The van der Waals surface area contributed by atoms with Crippen LogP contribution in [0.25, 0.3) is 0 Å². The molecule has 0 aliphatic heterocycles. The molecule has 0 heterocycles. The number of halogens is 4. The number of hydrogen-bond donors (Lipinski definition) is 2. The lowest BCUT2D eigenvalue weighted by atomic mass is 10.1. The molecule has 3 aromatic rings. The van der Waals surface area contributed by atoms with E-state index in [9.17, 15) is 13.2 Å². The zero-order valence-electron chi connectivity index (χ0n) is 17.3. The minimum atomic E-state index is -3.71. The van der Waals surface area contributed by atoms with E-state index in [1.54, 1.807) is 0 Å². The Morgan fingerprint density at radius 1 is 1.09 bits per heavy atom. The number of carbonyl (C=O) groups excluding carboxylic acids is 1. The Morgan fingerprint density at radius 3 is 2.47 bits per heavy atom. The van der Waals surface area contributed by atoms with Crippen LogP contribution in [0.15, 0.2) is 53.4 Å². The summed E-state index contributed by atoms with van der Waals surface area (Å²) in [4.78, 5) is 12.4. The Bertz CT molecular complexity index is 1430. The molecule has 2 N–H and O–H groups in total. The fourth-order valence-electron chi connectivity index (χ4n) is 2.86. The summed E-state index contributed by atoms with van der Waals surface area (Å²) in [6.07, 6.45) is -0.398. The lowest BCUT2D eigenvalue weighted by molar-refractivity contribution is -0.115. The van der Waals surface area contributed by atoms with Gasteiger partial charge in [-0.25, -0.2) is 17.5 Å². The molecule has 34 heavy (non-hydrogen) atoms. The molecule has 3 rings (SSSR count). The number of rotatable bonds is 7. The lowest BCUT2D eigenvalue weighted by Gasteiger charge is -2.13. The highest BCUT2D eigenvalue weighted by molar-refractivity contribution is 7.89. The highest BCUT2D eigenvalue weighted by Crippen LogP contribution is 2.35. The fourth-order valence-corrected chi connectivity index (χ4v) is 4.31. The fraction of sp³-hybridized carbons (Fsp3) is 0.0909. The number of nitriles is 1. The summed E-state index contributed by atoms with van der Waals surface area (Å²) in [6.45, 7) is 0. The Balaban J connectivity index is 1.81. The Labute approximate surface area is 210 Å². The first-order valence-corrected chi connectivity index (χ1v) is 12.0. The minimum absolute atomic E-state index is 0.0143. The van der Waals surface area contributed by atoms with Crippen LogP contribution in [0.5, 0.6) is 11.5 Å². The largest absolute Gasteiger partial charge is 0.453 e. The normalized spacial score (nSPS) is 11.1. The van der Waals surface area contributed by atoms with Gasteiger partial charge in [-0.1, -0.05) is 40.9 Å². The van der Waals surface area contributed by atoms with E-state index in [0.717, 1.165) is 0 Å². The highest BCUT2D eigenvalue weighted by atomic mass is 35.5. The zero-order chi connectivity index (χ0) is 25.0. The smallest absolute Gasteiger partial charge is 0.240 e. The molecule has 176 valence electrons. The van der Waals surface area contributed by atoms with E-state index in [4.69, 9.17) is 44.8 Å². The third-order valence-corrected chi connectivity index (χ3v) is 6.73. The van der Waals surface area contributed by atoms with Crippen LogP contribution in [0, 0.1) is 17.1 Å². The molecule has 0 unspecified atom stereocenters. The first-order valence-electron chi connectivity index (χ1n) is 9.42. The predicted molar refractivity (Wildman–Crippen MR) is 128 cm³/mol. The van der Waals surface area contributed by atoms with Gasteiger partial charge in [-0.2, -0.15) is 5.26 Å². The SMILES string of the molecule is CNS(=O)(=O)c1ccc(NC(=O)Cc2ccc(Cl)c(Oc3cc(Cl)cc(C#N)c3)c2F)c(Cl)c1. The van der Waals surface area contributed by atoms with Crippen LogP contribution >= 0.6 is 34.8 Å². The van der Waals surface area contributed by atoms with Crippen molar-refractivity contribution < 1.29 is 22.3 Å². The molecule has 0 saturated carbocycles. The van der Waals surface area contributed by atoms with E-state index >= 15 is 4.39 Å². The third-order valence-electron chi connectivity index (χ3n) is 4.49. The van der Waals surface area contributed by atoms with Crippen LogP contribution in [-0.4, -0.2) is 21.4 Å². The second kappa shape index (κ2) is 10.6. The van der Waals surface area contributed by atoms with Crippen LogP contribution in [0.2, 0.25) is 15.1 Å². The summed E-state index contributed by atoms with van der Waals surface area (Å²) in [6, 6.07) is 12.5. The van der Waals surface area contributed by atoms with E-state index < -0.39 is 28.2 Å². The number of amides is 1. The molecule has 0 saturated heterocycles. The average Bonchev–Trinajstić information content (AvgIpc) is 2.79. The van der Waals surface area contributed by atoms with Crippen molar-refractivity contribution in [2.75, 3.05) is 12.4 Å². The van der Waals surface area contributed by atoms with Gasteiger partial charge in [0.05, 0.1) is 38.7 Å². The van der Waals surface area contributed by atoms with Crippen molar-refractivity contribution in [3.8, 4) is 17.6 Å². The molecule has 3 aromatic carbocycles. The van der Waals surface area contributed by atoms with Gasteiger partial charge in [0, 0.05) is 10.6 Å². The monoisotopic (exact) mass is 541 g/mol. The molecule has 0 atom stereocenters. The molecule has 7 nitrogen and oxygen atoms in total. The number of ether oxygens (including phenoxy) is 1. The van der Waals surface area contributed by atoms with Gasteiger partial charge in [0.25, 0.3) is 0 Å². The summed E-state index contributed by atoms with van der Waals surface area (Å²) < 4.78 is 46.5. The van der Waals surface area contributed by atoms with Crippen molar-refractivity contribution in [3.63, 3.8) is 0 Å². The van der Waals surface area contributed by atoms with Crippen molar-refractivity contribution in [2.45, 2.75) is 11.3 Å². The highest BCUT2D eigenvalue weighted by Gasteiger charge is 2.19. The maximum atomic E-state index is 15.1. The number of carbonyl (C=O) groups is 1. The van der Waals surface area contributed by atoms with Crippen molar-refractivity contribution in [2.24, 2.45) is 0 Å². The van der Waals surface area contributed by atoms with E-state index in [2.05, 4.69) is 10.0 Å². The molecule has 0 fully saturated rings. The predicted octanol–water partition coefficient (Wildman–Crippen LogP) is 5.54. The van der Waals surface area contributed by atoms with Gasteiger partial charge in [-0.15, -0.1) is 0 Å².